The van der Waals surface area contributed by atoms with Gasteiger partial charge in [0, 0.05) is 5.56 Å². The number of fused-ring (bicyclic) bond motifs is 1. The molecule has 1 amide bonds. The molecule has 2 aromatic carbocycles. The van der Waals surface area contributed by atoms with Gasteiger partial charge in [0.15, 0.2) is 11.5 Å². The van der Waals surface area contributed by atoms with Crippen LogP contribution in [0, 0.1) is 6.92 Å². The van der Waals surface area contributed by atoms with Crippen LogP contribution in [0.2, 0.25) is 0 Å². The number of hydrogen-bond acceptors (Lipinski definition) is 6. The molecule has 0 radical (unpaired) electrons. The second-order valence-corrected chi connectivity index (χ2v) is 5.96. The fraction of sp³-hybridized carbons (Fsp3) is 0.211. The third-order valence-electron chi connectivity index (χ3n) is 3.96. The maximum Gasteiger partial charge on any atom is 0.265 e. The van der Waals surface area contributed by atoms with Crippen molar-refractivity contribution in [3.8, 4) is 22.9 Å². The lowest BCUT2D eigenvalue weighted by Gasteiger charge is -2.25. The van der Waals surface area contributed by atoms with Crippen molar-refractivity contribution in [2.24, 2.45) is 0 Å². The lowest BCUT2D eigenvalue weighted by molar-refractivity contribution is -0.130. The van der Waals surface area contributed by atoms with Gasteiger partial charge in [0.05, 0.1) is 6.54 Å². The van der Waals surface area contributed by atoms with E-state index in [9.17, 15) is 4.79 Å². The number of carbonyl (C=O) groups is 1. The summed E-state index contributed by atoms with van der Waals surface area (Å²) in [5.41, 5.74) is 1.98. The second-order valence-electron chi connectivity index (χ2n) is 5.96. The average Bonchev–Trinajstić information content (AvgIpc) is 3.15. The fourth-order valence-corrected chi connectivity index (χ4v) is 2.65. The molecule has 1 unspecified atom stereocenters. The zero-order valence-electron chi connectivity index (χ0n) is 14.1. The van der Waals surface area contributed by atoms with E-state index in [-0.39, 0.29) is 19.1 Å². The van der Waals surface area contributed by atoms with Gasteiger partial charge in [-0.1, -0.05) is 41.1 Å². The molecule has 3 aromatic rings. The molecule has 1 N–H and O–H groups in total. The minimum atomic E-state index is -0.718. The van der Waals surface area contributed by atoms with Gasteiger partial charge < -0.3 is 19.3 Å². The first-order chi connectivity index (χ1) is 12.7. The molecule has 0 saturated carbocycles. The Kier molecular flexibility index (Phi) is 4.27. The average molecular weight is 351 g/mol. The number of nitrogens with one attached hydrogen (secondary N) is 1. The minimum absolute atomic E-state index is 0.124. The monoisotopic (exact) mass is 351 g/mol. The van der Waals surface area contributed by atoms with Crippen molar-refractivity contribution >= 4 is 5.91 Å². The van der Waals surface area contributed by atoms with Crippen molar-refractivity contribution in [3.05, 3.63) is 60.0 Å². The summed E-state index contributed by atoms with van der Waals surface area (Å²) in [6, 6.07) is 15.0. The minimum Gasteiger partial charge on any atom is -0.485 e. The van der Waals surface area contributed by atoms with Crippen molar-refractivity contribution in [1.82, 2.24) is 15.5 Å². The molecule has 7 heteroatoms. The SMILES string of the molecule is Cc1cccc(-c2noc(CNC(=O)C3COc4ccccc4O3)n2)c1. The molecule has 7 nitrogen and oxygen atoms in total. The molecule has 1 atom stereocenters. The Balaban J connectivity index is 1.37. The lowest BCUT2D eigenvalue weighted by atomic mass is 10.1. The summed E-state index contributed by atoms with van der Waals surface area (Å²) in [4.78, 5) is 16.6. The van der Waals surface area contributed by atoms with Gasteiger partial charge in [0.2, 0.25) is 17.8 Å². The molecule has 1 aromatic heterocycles. The second kappa shape index (κ2) is 6.87. The number of carbonyl (C=O) groups excluding carboxylic acids is 1. The van der Waals surface area contributed by atoms with Crippen molar-refractivity contribution < 1.29 is 18.8 Å². The summed E-state index contributed by atoms with van der Waals surface area (Å²) in [5, 5.41) is 6.69. The number of benzene rings is 2. The molecule has 132 valence electrons. The van der Waals surface area contributed by atoms with Crippen molar-refractivity contribution in [3.63, 3.8) is 0 Å². The van der Waals surface area contributed by atoms with Gasteiger partial charge in [0.1, 0.15) is 6.61 Å². The van der Waals surface area contributed by atoms with Crippen LogP contribution in [-0.4, -0.2) is 28.8 Å². The summed E-state index contributed by atoms with van der Waals surface area (Å²) < 4.78 is 16.4. The fourth-order valence-electron chi connectivity index (χ4n) is 2.65. The van der Waals surface area contributed by atoms with Gasteiger partial charge in [-0.15, -0.1) is 0 Å². The van der Waals surface area contributed by atoms with Crippen LogP contribution in [0.4, 0.5) is 0 Å². The van der Waals surface area contributed by atoms with E-state index in [1.807, 2.05) is 43.3 Å². The Morgan fingerprint density at radius 1 is 1.19 bits per heavy atom. The highest BCUT2D eigenvalue weighted by atomic mass is 16.6. The highest BCUT2D eigenvalue weighted by Crippen LogP contribution is 2.30. The van der Waals surface area contributed by atoms with E-state index in [0.29, 0.717) is 23.2 Å². The third kappa shape index (κ3) is 3.37. The first-order valence-electron chi connectivity index (χ1n) is 8.25. The van der Waals surface area contributed by atoms with Gasteiger partial charge in [-0.3, -0.25) is 4.79 Å². The Morgan fingerprint density at radius 2 is 2.04 bits per heavy atom. The third-order valence-corrected chi connectivity index (χ3v) is 3.96. The molecule has 0 aliphatic carbocycles. The Morgan fingerprint density at radius 3 is 2.88 bits per heavy atom. The predicted molar refractivity (Wildman–Crippen MR) is 92.7 cm³/mol. The molecule has 2 heterocycles. The largest absolute Gasteiger partial charge is 0.485 e. The number of amides is 1. The number of aryl methyl sites for hydroxylation is 1. The van der Waals surface area contributed by atoms with E-state index in [0.717, 1.165) is 11.1 Å². The van der Waals surface area contributed by atoms with E-state index in [2.05, 4.69) is 15.5 Å². The van der Waals surface area contributed by atoms with Gasteiger partial charge >= 0.3 is 0 Å². The van der Waals surface area contributed by atoms with Crippen LogP contribution < -0.4 is 14.8 Å². The molecule has 0 bridgehead atoms. The number of ether oxygens (including phenoxy) is 2. The molecule has 26 heavy (non-hydrogen) atoms. The molecule has 0 saturated heterocycles. The molecule has 0 fully saturated rings. The van der Waals surface area contributed by atoms with Crippen molar-refractivity contribution in [2.45, 2.75) is 19.6 Å². The van der Waals surface area contributed by atoms with Gasteiger partial charge in [-0.2, -0.15) is 4.98 Å². The van der Waals surface area contributed by atoms with Crippen LogP contribution in [-0.2, 0) is 11.3 Å². The normalized spacial score (nSPS) is 15.5. The summed E-state index contributed by atoms with van der Waals surface area (Å²) in [6.45, 7) is 2.27. The number of rotatable bonds is 4. The summed E-state index contributed by atoms with van der Waals surface area (Å²) in [6.07, 6.45) is -0.718. The molecule has 0 spiro atoms. The zero-order valence-corrected chi connectivity index (χ0v) is 14.1. The van der Waals surface area contributed by atoms with Crippen LogP contribution in [0.25, 0.3) is 11.4 Å². The van der Waals surface area contributed by atoms with Crippen LogP contribution >= 0.6 is 0 Å². The first kappa shape index (κ1) is 16.1. The highest BCUT2D eigenvalue weighted by Gasteiger charge is 2.27. The molecule has 1 aliphatic heterocycles. The van der Waals surface area contributed by atoms with E-state index < -0.39 is 6.10 Å². The van der Waals surface area contributed by atoms with E-state index in [1.54, 1.807) is 12.1 Å². The highest BCUT2D eigenvalue weighted by molar-refractivity contribution is 5.81. The molecular weight excluding hydrogens is 334 g/mol. The van der Waals surface area contributed by atoms with E-state index in [1.165, 1.54) is 0 Å². The summed E-state index contributed by atoms with van der Waals surface area (Å²) in [7, 11) is 0. The van der Waals surface area contributed by atoms with Crippen LogP contribution in [0.5, 0.6) is 11.5 Å². The number of nitrogens with zero attached hydrogens (tertiary/aromatic N) is 2. The standard InChI is InChI=1S/C19H17N3O4/c1-12-5-4-6-13(9-12)18-21-17(26-22-18)10-20-19(23)16-11-24-14-7-2-3-8-15(14)25-16/h2-9,16H,10-11H2,1H3,(H,20,23). The molecule has 1 aliphatic rings. The Bertz CT molecular complexity index is 938. The Hall–Kier alpha value is -3.35. The van der Waals surface area contributed by atoms with Gasteiger partial charge in [0.25, 0.3) is 5.91 Å². The lowest BCUT2D eigenvalue weighted by Crippen LogP contribution is -2.43. The number of para-hydroxylation sites is 2. The van der Waals surface area contributed by atoms with Crippen molar-refractivity contribution in [1.29, 1.82) is 0 Å². The maximum atomic E-state index is 12.3. The molecule has 4 rings (SSSR count). The predicted octanol–water partition coefficient (Wildman–Crippen LogP) is 2.50. The van der Waals surface area contributed by atoms with Crippen molar-refractivity contribution in [2.75, 3.05) is 6.61 Å². The first-order valence-corrected chi connectivity index (χ1v) is 8.25. The quantitative estimate of drug-likeness (QED) is 0.777. The van der Waals surface area contributed by atoms with Crippen LogP contribution in [0.15, 0.2) is 53.1 Å². The van der Waals surface area contributed by atoms with Gasteiger partial charge in [-0.25, -0.2) is 0 Å². The van der Waals surface area contributed by atoms with Crippen LogP contribution in [0.1, 0.15) is 11.5 Å². The van der Waals surface area contributed by atoms with Crippen LogP contribution in [0.3, 0.4) is 0 Å². The van der Waals surface area contributed by atoms with Gasteiger partial charge in [-0.05, 0) is 25.1 Å². The van der Waals surface area contributed by atoms with E-state index >= 15 is 0 Å². The Labute approximate surface area is 149 Å². The zero-order chi connectivity index (χ0) is 17.9. The van der Waals surface area contributed by atoms with E-state index in [4.69, 9.17) is 14.0 Å². The summed E-state index contributed by atoms with van der Waals surface area (Å²) >= 11 is 0. The summed E-state index contributed by atoms with van der Waals surface area (Å²) in [5.74, 6) is 1.71. The topological polar surface area (TPSA) is 86.5 Å². The number of hydrogen-bond donors (Lipinski definition) is 1. The smallest absolute Gasteiger partial charge is 0.265 e. The molecular formula is C19H17N3O4. The number of aromatic nitrogens is 2. The maximum absolute atomic E-state index is 12.3.